The zero-order chi connectivity index (χ0) is 12.8. The normalized spacial score (nSPS) is 12.8. The van der Waals surface area contributed by atoms with Gasteiger partial charge in [-0.1, -0.05) is 20.8 Å². The molecule has 1 rings (SSSR count). The van der Waals surface area contributed by atoms with E-state index >= 15 is 0 Å². The van der Waals surface area contributed by atoms with Crippen LogP contribution < -0.4 is 11.1 Å². The number of aromatic nitrogens is 2. The third-order valence-electron chi connectivity index (χ3n) is 2.62. The second-order valence-corrected chi connectivity index (χ2v) is 4.67. The highest BCUT2D eigenvalue weighted by Gasteiger charge is 2.15. The number of nitrogens with two attached hydrogens (primary N) is 1. The molecule has 0 aliphatic carbocycles. The van der Waals surface area contributed by atoms with Gasteiger partial charge in [-0.2, -0.15) is 5.10 Å². The molecule has 0 fully saturated rings. The summed E-state index contributed by atoms with van der Waals surface area (Å²) in [6, 6.07) is 1.79. The summed E-state index contributed by atoms with van der Waals surface area (Å²) in [5.74, 6) is 0.353. The molecule has 1 unspecified atom stereocenters. The maximum atomic E-state index is 11.9. The molecule has 5 heteroatoms. The Labute approximate surface area is 102 Å². The third kappa shape index (κ3) is 4.19. The summed E-state index contributed by atoms with van der Waals surface area (Å²) in [4.78, 5) is 11.9. The predicted octanol–water partition coefficient (Wildman–Crippen LogP) is 1.08. The number of rotatable bonds is 6. The summed E-state index contributed by atoms with van der Waals surface area (Å²) in [5, 5.41) is 9.71. The first-order valence-electron chi connectivity index (χ1n) is 6.12. The Hall–Kier alpha value is -1.36. The number of carbonyl (C=O) groups is 1. The molecule has 0 radical (unpaired) electrons. The summed E-state index contributed by atoms with van der Waals surface area (Å²) >= 11 is 0. The molecule has 0 saturated carbocycles. The van der Waals surface area contributed by atoms with Crippen molar-refractivity contribution in [2.24, 2.45) is 11.7 Å². The van der Waals surface area contributed by atoms with Crippen LogP contribution in [0.5, 0.6) is 0 Å². The molecule has 0 aliphatic heterocycles. The quantitative estimate of drug-likeness (QED) is 0.693. The number of aromatic amines is 1. The van der Waals surface area contributed by atoms with Gasteiger partial charge in [0.1, 0.15) is 5.69 Å². The van der Waals surface area contributed by atoms with Crippen LogP contribution >= 0.6 is 0 Å². The fourth-order valence-electron chi connectivity index (χ4n) is 1.70. The van der Waals surface area contributed by atoms with Crippen LogP contribution in [0.25, 0.3) is 0 Å². The lowest BCUT2D eigenvalue weighted by atomic mass is 10.0. The molecule has 96 valence electrons. The molecular formula is C12H22N4O. The number of H-pyrrole nitrogens is 1. The van der Waals surface area contributed by atoms with Gasteiger partial charge >= 0.3 is 0 Å². The highest BCUT2D eigenvalue weighted by Crippen LogP contribution is 2.05. The maximum absolute atomic E-state index is 11.9. The Morgan fingerprint density at radius 3 is 2.76 bits per heavy atom. The van der Waals surface area contributed by atoms with Crippen LogP contribution in [0.4, 0.5) is 0 Å². The lowest BCUT2D eigenvalue weighted by Gasteiger charge is -2.17. The molecule has 17 heavy (non-hydrogen) atoms. The van der Waals surface area contributed by atoms with Crippen LogP contribution in [-0.4, -0.2) is 28.7 Å². The van der Waals surface area contributed by atoms with E-state index in [-0.39, 0.29) is 11.9 Å². The first-order valence-corrected chi connectivity index (χ1v) is 6.12. The summed E-state index contributed by atoms with van der Waals surface area (Å²) in [7, 11) is 0. The minimum atomic E-state index is -0.156. The number of hydrogen-bond donors (Lipinski definition) is 3. The maximum Gasteiger partial charge on any atom is 0.272 e. The van der Waals surface area contributed by atoms with Crippen molar-refractivity contribution >= 4 is 5.91 Å². The smallest absolute Gasteiger partial charge is 0.272 e. The SMILES string of the molecule is CCc1cc(C(=O)NC(CN)CC(C)C)n[nH]1. The average Bonchev–Trinajstić information content (AvgIpc) is 2.75. The topological polar surface area (TPSA) is 83.8 Å². The molecule has 1 aromatic heterocycles. The fraction of sp³-hybridized carbons (Fsp3) is 0.667. The van der Waals surface area contributed by atoms with Crippen LogP contribution in [0, 0.1) is 5.92 Å². The molecule has 1 aromatic rings. The molecule has 0 aromatic carbocycles. The minimum Gasteiger partial charge on any atom is -0.347 e. The number of nitrogens with one attached hydrogen (secondary N) is 2. The standard InChI is InChI=1S/C12H22N4O/c1-4-9-6-11(16-15-9)12(17)14-10(7-13)5-8(2)3/h6,8,10H,4-5,7,13H2,1-3H3,(H,14,17)(H,15,16). The lowest BCUT2D eigenvalue weighted by Crippen LogP contribution is -2.41. The van der Waals surface area contributed by atoms with Gasteiger partial charge in [0.05, 0.1) is 0 Å². The monoisotopic (exact) mass is 238 g/mol. The summed E-state index contributed by atoms with van der Waals surface area (Å²) in [5.41, 5.74) is 7.03. The number of hydrogen-bond acceptors (Lipinski definition) is 3. The lowest BCUT2D eigenvalue weighted by molar-refractivity contribution is 0.0928. The summed E-state index contributed by atoms with van der Waals surface area (Å²) < 4.78 is 0. The highest BCUT2D eigenvalue weighted by molar-refractivity contribution is 5.92. The number of aryl methyl sites for hydroxylation is 1. The molecule has 1 atom stereocenters. The van der Waals surface area contributed by atoms with Crippen molar-refractivity contribution in [3.8, 4) is 0 Å². The molecule has 1 amide bonds. The van der Waals surface area contributed by atoms with E-state index in [1.807, 2.05) is 6.92 Å². The molecule has 1 heterocycles. The molecule has 5 nitrogen and oxygen atoms in total. The second kappa shape index (κ2) is 6.39. The number of carbonyl (C=O) groups excluding carboxylic acids is 1. The van der Waals surface area contributed by atoms with Crippen molar-refractivity contribution in [2.75, 3.05) is 6.54 Å². The van der Waals surface area contributed by atoms with Crippen LogP contribution in [-0.2, 0) is 6.42 Å². The average molecular weight is 238 g/mol. The van der Waals surface area contributed by atoms with Gasteiger partial charge in [-0.15, -0.1) is 0 Å². The van der Waals surface area contributed by atoms with Gasteiger partial charge in [0, 0.05) is 18.3 Å². The van der Waals surface area contributed by atoms with E-state index in [0.29, 0.717) is 18.2 Å². The first kappa shape index (κ1) is 13.7. The van der Waals surface area contributed by atoms with Gasteiger partial charge in [0.2, 0.25) is 0 Å². The molecule has 4 N–H and O–H groups in total. The molecule has 0 spiro atoms. The summed E-state index contributed by atoms with van der Waals surface area (Å²) in [6.07, 6.45) is 1.72. The third-order valence-corrected chi connectivity index (χ3v) is 2.62. The van der Waals surface area contributed by atoms with Crippen LogP contribution in [0.3, 0.4) is 0 Å². The Morgan fingerprint density at radius 1 is 1.59 bits per heavy atom. The van der Waals surface area contributed by atoms with E-state index in [2.05, 4.69) is 29.4 Å². The molecule has 0 bridgehead atoms. The Kier molecular flexibility index (Phi) is 5.15. The van der Waals surface area contributed by atoms with Gasteiger partial charge in [0.15, 0.2) is 0 Å². The first-order chi connectivity index (χ1) is 8.06. The van der Waals surface area contributed by atoms with Gasteiger partial charge in [0.25, 0.3) is 5.91 Å². The Bertz CT molecular complexity index is 359. The van der Waals surface area contributed by atoms with E-state index in [0.717, 1.165) is 18.5 Å². The predicted molar refractivity (Wildman–Crippen MR) is 67.7 cm³/mol. The van der Waals surface area contributed by atoms with Gasteiger partial charge < -0.3 is 11.1 Å². The van der Waals surface area contributed by atoms with Crippen molar-refractivity contribution in [1.29, 1.82) is 0 Å². The van der Waals surface area contributed by atoms with Crippen molar-refractivity contribution in [2.45, 2.75) is 39.7 Å². The van der Waals surface area contributed by atoms with Crippen LogP contribution in [0.15, 0.2) is 6.07 Å². The van der Waals surface area contributed by atoms with E-state index < -0.39 is 0 Å². The number of amides is 1. The van der Waals surface area contributed by atoms with E-state index in [1.165, 1.54) is 0 Å². The second-order valence-electron chi connectivity index (χ2n) is 4.67. The molecule has 0 aliphatic rings. The summed E-state index contributed by atoms with van der Waals surface area (Å²) in [6.45, 7) is 6.68. The van der Waals surface area contributed by atoms with E-state index in [1.54, 1.807) is 6.07 Å². The fourth-order valence-corrected chi connectivity index (χ4v) is 1.70. The number of nitrogens with zero attached hydrogens (tertiary/aromatic N) is 1. The molecule has 0 saturated heterocycles. The Balaban J connectivity index is 2.57. The largest absolute Gasteiger partial charge is 0.347 e. The highest BCUT2D eigenvalue weighted by atomic mass is 16.2. The van der Waals surface area contributed by atoms with Gasteiger partial charge in [-0.05, 0) is 24.8 Å². The van der Waals surface area contributed by atoms with Crippen molar-refractivity contribution in [1.82, 2.24) is 15.5 Å². The van der Waals surface area contributed by atoms with Crippen LogP contribution in [0.1, 0.15) is 43.4 Å². The minimum absolute atomic E-state index is 0.0178. The Morgan fingerprint density at radius 2 is 2.29 bits per heavy atom. The molecular weight excluding hydrogens is 216 g/mol. The van der Waals surface area contributed by atoms with Crippen LogP contribution in [0.2, 0.25) is 0 Å². The van der Waals surface area contributed by atoms with Crippen molar-refractivity contribution in [3.63, 3.8) is 0 Å². The van der Waals surface area contributed by atoms with Crippen molar-refractivity contribution < 1.29 is 4.79 Å². The zero-order valence-corrected chi connectivity index (χ0v) is 10.8. The van der Waals surface area contributed by atoms with E-state index in [4.69, 9.17) is 5.73 Å². The van der Waals surface area contributed by atoms with E-state index in [9.17, 15) is 4.79 Å². The zero-order valence-electron chi connectivity index (χ0n) is 10.8. The van der Waals surface area contributed by atoms with Gasteiger partial charge in [-0.25, -0.2) is 0 Å². The van der Waals surface area contributed by atoms with Crippen molar-refractivity contribution in [3.05, 3.63) is 17.5 Å². The van der Waals surface area contributed by atoms with Gasteiger partial charge in [-0.3, -0.25) is 9.89 Å².